The number of rotatable bonds is 8. The zero-order valence-electron chi connectivity index (χ0n) is 18.8. The second kappa shape index (κ2) is 10.3. The van der Waals surface area contributed by atoms with Crippen LogP contribution in [-0.4, -0.2) is 21.5 Å². The van der Waals surface area contributed by atoms with Gasteiger partial charge in [-0.25, -0.2) is 9.37 Å². The van der Waals surface area contributed by atoms with Gasteiger partial charge in [-0.05, 0) is 37.0 Å². The van der Waals surface area contributed by atoms with Crippen molar-refractivity contribution in [1.29, 1.82) is 0 Å². The van der Waals surface area contributed by atoms with Crippen LogP contribution in [0.3, 0.4) is 0 Å². The summed E-state index contributed by atoms with van der Waals surface area (Å²) in [6.45, 7) is 0.397. The first-order valence-electron chi connectivity index (χ1n) is 11.7. The quantitative estimate of drug-likeness (QED) is 0.245. The summed E-state index contributed by atoms with van der Waals surface area (Å²) in [7, 11) is 0. The summed E-state index contributed by atoms with van der Waals surface area (Å²) >= 11 is 2.80. The molecule has 34 heavy (non-hydrogen) atoms. The van der Waals surface area contributed by atoms with E-state index in [9.17, 15) is 14.0 Å². The minimum absolute atomic E-state index is 0.0383. The highest BCUT2D eigenvalue weighted by molar-refractivity contribution is 7.98. The van der Waals surface area contributed by atoms with Crippen LogP contribution >= 0.6 is 23.1 Å². The summed E-state index contributed by atoms with van der Waals surface area (Å²) in [5.74, 6) is 0.139. The molecule has 8 heteroatoms. The van der Waals surface area contributed by atoms with Crippen LogP contribution in [0.2, 0.25) is 0 Å². The second-order valence-electron chi connectivity index (χ2n) is 8.66. The van der Waals surface area contributed by atoms with Crippen molar-refractivity contribution in [1.82, 2.24) is 14.9 Å². The summed E-state index contributed by atoms with van der Waals surface area (Å²) in [6, 6.07) is 14.8. The molecule has 0 unspecified atom stereocenters. The molecule has 2 heterocycles. The topological polar surface area (TPSA) is 64.0 Å². The Bertz CT molecular complexity index is 1390. The monoisotopic (exact) mass is 495 g/mol. The maximum Gasteiger partial charge on any atom is 0.272 e. The molecule has 0 atom stereocenters. The number of nitrogens with zero attached hydrogens (tertiary/aromatic N) is 2. The maximum absolute atomic E-state index is 14.2. The lowest BCUT2D eigenvalue weighted by molar-refractivity contribution is -0.121. The molecule has 5 rings (SSSR count). The van der Waals surface area contributed by atoms with Crippen LogP contribution < -0.4 is 10.9 Å². The van der Waals surface area contributed by atoms with Crippen molar-refractivity contribution in [3.8, 4) is 0 Å². The number of carbonyl (C=O) groups excluding carboxylic acids is 1. The number of amides is 1. The van der Waals surface area contributed by atoms with Gasteiger partial charge in [0.15, 0.2) is 5.16 Å². The summed E-state index contributed by atoms with van der Waals surface area (Å²) in [4.78, 5) is 30.7. The number of carbonyl (C=O) groups is 1. The highest BCUT2D eigenvalue weighted by Crippen LogP contribution is 2.32. The van der Waals surface area contributed by atoms with Gasteiger partial charge in [-0.1, -0.05) is 61.0 Å². The van der Waals surface area contributed by atoms with Crippen LogP contribution in [0.4, 0.5) is 4.39 Å². The molecule has 1 aliphatic rings. The van der Waals surface area contributed by atoms with Crippen LogP contribution in [0.5, 0.6) is 0 Å². The lowest BCUT2D eigenvalue weighted by Gasteiger charge is -2.14. The first kappa shape index (κ1) is 23.1. The minimum Gasteiger partial charge on any atom is -0.353 e. The summed E-state index contributed by atoms with van der Waals surface area (Å²) in [5, 5.41) is 4.62. The van der Waals surface area contributed by atoms with E-state index in [4.69, 9.17) is 4.98 Å². The number of hydrogen-bond acceptors (Lipinski definition) is 5. The third-order valence-corrected chi connectivity index (χ3v) is 8.44. The van der Waals surface area contributed by atoms with E-state index in [2.05, 4.69) is 5.32 Å². The average molecular weight is 496 g/mol. The Morgan fingerprint density at radius 3 is 2.74 bits per heavy atom. The van der Waals surface area contributed by atoms with Crippen molar-refractivity contribution in [2.75, 3.05) is 0 Å². The first-order chi connectivity index (χ1) is 16.6. The lowest BCUT2D eigenvalue weighted by Crippen LogP contribution is -2.32. The Balaban J connectivity index is 1.41. The highest BCUT2D eigenvalue weighted by Gasteiger charge is 2.19. The number of halogens is 1. The van der Waals surface area contributed by atoms with Crippen molar-refractivity contribution in [3.05, 3.63) is 70.3 Å². The van der Waals surface area contributed by atoms with E-state index in [-0.39, 0.29) is 17.3 Å². The fourth-order valence-corrected chi connectivity index (χ4v) is 6.58. The third-order valence-electron chi connectivity index (χ3n) is 6.27. The summed E-state index contributed by atoms with van der Waals surface area (Å²) < 4.78 is 17.5. The predicted octanol–water partition coefficient (Wildman–Crippen LogP) is 5.88. The molecular weight excluding hydrogens is 469 g/mol. The van der Waals surface area contributed by atoms with Crippen LogP contribution in [-0.2, 0) is 17.1 Å². The molecule has 1 amide bonds. The van der Waals surface area contributed by atoms with E-state index in [0.29, 0.717) is 52.1 Å². The van der Waals surface area contributed by atoms with Gasteiger partial charge in [0.05, 0.1) is 5.52 Å². The highest BCUT2D eigenvalue weighted by atomic mass is 32.2. The molecule has 0 bridgehead atoms. The van der Waals surface area contributed by atoms with Crippen molar-refractivity contribution >= 4 is 49.3 Å². The van der Waals surface area contributed by atoms with Gasteiger partial charge in [0.25, 0.3) is 5.56 Å². The van der Waals surface area contributed by atoms with Crippen LogP contribution in [0.1, 0.15) is 44.1 Å². The van der Waals surface area contributed by atoms with Gasteiger partial charge in [0.2, 0.25) is 5.91 Å². The Morgan fingerprint density at radius 1 is 1.15 bits per heavy atom. The van der Waals surface area contributed by atoms with Gasteiger partial charge in [0.1, 0.15) is 10.5 Å². The molecule has 176 valence electrons. The number of fused-ring (bicyclic) bond motifs is 3. The van der Waals surface area contributed by atoms with Crippen molar-refractivity contribution < 1.29 is 9.18 Å². The molecule has 2 aromatic carbocycles. The van der Waals surface area contributed by atoms with E-state index in [0.717, 1.165) is 22.9 Å². The number of aromatic nitrogens is 2. The van der Waals surface area contributed by atoms with Crippen LogP contribution in [0.25, 0.3) is 20.3 Å². The van der Waals surface area contributed by atoms with E-state index < -0.39 is 0 Å². The molecule has 0 aliphatic heterocycles. The smallest absolute Gasteiger partial charge is 0.272 e. The van der Waals surface area contributed by atoms with Crippen molar-refractivity contribution in [3.63, 3.8) is 0 Å². The van der Waals surface area contributed by atoms with Gasteiger partial charge < -0.3 is 5.32 Å². The number of thiophene rings is 1. The zero-order valence-corrected chi connectivity index (χ0v) is 20.4. The van der Waals surface area contributed by atoms with Crippen molar-refractivity contribution in [2.45, 2.75) is 62.0 Å². The Labute approximate surface area is 205 Å². The molecule has 1 aliphatic carbocycles. The number of nitrogens with one attached hydrogen (secondary N) is 1. The fraction of sp³-hybridized carbons (Fsp3) is 0.346. The molecule has 5 nitrogen and oxygen atoms in total. The Morgan fingerprint density at radius 2 is 1.91 bits per heavy atom. The van der Waals surface area contributed by atoms with Crippen LogP contribution in [0, 0.1) is 5.82 Å². The largest absolute Gasteiger partial charge is 0.353 e. The summed E-state index contributed by atoms with van der Waals surface area (Å²) in [6.07, 6.45) is 5.35. The van der Waals surface area contributed by atoms with E-state index >= 15 is 0 Å². The molecule has 0 saturated heterocycles. The fourth-order valence-electron chi connectivity index (χ4n) is 4.49. The van der Waals surface area contributed by atoms with Gasteiger partial charge >= 0.3 is 0 Å². The Hall–Kier alpha value is -2.71. The normalized spacial score (nSPS) is 14.3. The maximum atomic E-state index is 14.2. The minimum atomic E-state index is -0.269. The molecule has 1 N–H and O–H groups in total. The molecular formula is C26H26FN3O2S2. The number of hydrogen-bond donors (Lipinski definition) is 1. The first-order valence-corrected chi connectivity index (χ1v) is 13.5. The van der Waals surface area contributed by atoms with E-state index in [1.54, 1.807) is 22.8 Å². The van der Waals surface area contributed by atoms with Gasteiger partial charge in [-0.15, -0.1) is 11.3 Å². The summed E-state index contributed by atoms with van der Waals surface area (Å²) in [5.41, 5.74) is 1.16. The van der Waals surface area contributed by atoms with E-state index in [1.165, 1.54) is 42.0 Å². The lowest BCUT2D eigenvalue weighted by atomic mass is 10.2. The Kier molecular flexibility index (Phi) is 6.97. The van der Waals surface area contributed by atoms with Gasteiger partial charge in [0, 0.05) is 34.8 Å². The van der Waals surface area contributed by atoms with Crippen molar-refractivity contribution in [2.24, 2.45) is 0 Å². The molecule has 2 aromatic heterocycles. The zero-order chi connectivity index (χ0) is 23.5. The number of thioether (sulfide) groups is 1. The predicted molar refractivity (Wildman–Crippen MR) is 137 cm³/mol. The molecule has 4 aromatic rings. The molecule has 1 saturated carbocycles. The third kappa shape index (κ3) is 4.88. The van der Waals surface area contributed by atoms with Crippen LogP contribution in [0.15, 0.2) is 58.5 Å². The standard InChI is InChI=1S/C26H26FN3O2S2/c27-20-12-5-1-8-17(20)16-33-26-29-23-19-11-4-6-13-21(19)34-24(23)25(32)30(26)15-7-14-22(31)28-18-9-2-3-10-18/h1,4-6,8,11-13,18H,2-3,7,9-10,14-16H2,(H,28,31). The molecule has 0 radical (unpaired) electrons. The van der Waals surface area contributed by atoms with E-state index in [1.807, 2.05) is 24.3 Å². The average Bonchev–Trinajstić information content (AvgIpc) is 3.48. The second-order valence-corrected chi connectivity index (χ2v) is 10.7. The number of benzene rings is 2. The van der Waals surface area contributed by atoms with Gasteiger partial charge in [-0.2, -0.15) is 0 Å². The van der Waals surface area contributed by atoms with Gasteiger partial charge in [-0.3, -0.25) is 14.2 Å². The molecule has 1 fully saturated rings. The SMILES string of the molecule is O=C(CCCn1c(SCc2ccccc2F)nc2c(sc3ccccc32)c1=O)NC1CCCC1. The molecule has 0 spiro atoms.